The molecular weight excluding hydrogens is 219 g/mol. The van der Waals surface area contributed by atoms with Crippen LogP contribution in [-0.4, -0.2) is 44.0 Å². The molecule has 0 spiro atoms. The van der Waals surface area contributed by atoms with Crippen LogP contribution < -0.4 is 56.5 Å². The Hall–Kier alpha value is -0.554. The Morgan fingerprint density at radius 1 is 0.769 bits per heavy atom. The van der Waals surface area contributed by atoms with E-state index >= 15 is 0 Å². The Labute approximate surface area is 114 Å². The fourth-order valence-corrected chi connectivity index (χ4v) is 0. The minimum atomic E-state index is -2.08. The first kappa shape index (κ1) is 22.9. The summed E-state index contributed by atoms with van der Waals surface area (Å²) in [4.78, 5) is 25.6. The molecule has 0 saturated heterocycles. The predicted molar refractivity (Wildman–Crippen MR) is 29.3 cm³/mol. The third-order valence-electron chi connectivity index (χ3n) is 0. The summed E-state index contributed by atoms with van der Waals surface area (Å²) in [5, 5.41) is 43.2. The van der Waals surface area contributed by atoms with Gasteiger partial charge in [0, 0.05) is 0 Å². The van der Waals surface area contributed by atoms with E-state index in [9.17, 15) is 0 Å². The molecule has 0 atom stereocenters. The molecule has 5 N–H and O–H groups in total. The van der Waals surface area contributed by atoms with Gasteiger partial charge in [-0.15, -0.1) is 0 Å². The van der Waals surface area contributed by atoms with Crippen LogP contribution in [0.3, 0.4) is 0 Å². The van der Waals surface area contributed by atoms with Gasteiger partial charge < -0.3 is 35.4 Å². The molecule has 0 fully saturated rings. The number of carboxylic acid groups (broad SMARTS) is 6. The van der Waals surface area contributed by atoms with E-state index in [1.165, 1.54) is 0 Å². The van der Waals surface area contributed by atoms with Crippen LogP contribution in [0.15, 0.2) is 0 Å². The van der Waals surface area contributed by atoms with Crippen molar-refractivity contribution >= 4 is 18.5 Å². The molecule has 0 aromatic heterocycles. The van der Waals surface area contributed by atoms with Gasteiger partial charge in [0.15, 0.2) is 0 Å². The molecule has 0 amide bonds. The van der Waals surface area contributed by atoms with Crippen molar-refractivity contribution in [2.24, 2.45) is 0 Å². The first-order valence-corrected chi connectivity index (χ1v) is 1.93. The maximum absolute atomic E-state index is 8.56. The van der Waals surface area contributed by atoms with Crippen LogP contribution in [0.1, 0.15) is 0 Å². The Bertz CT molecular complexity index is 112. The first-order valence-electron chi connectivity index (χ1n) is 1.93. The van der Waals surface area contributed by atoms with Gasteiger partial charge in [-0.2, -0.15) is 0 Å². The summed E-state index contributed by atoms with van der Waals surface area (Å²) >= 11 is 0. The molecule has 0 heterocycles. The van der Waals surface area contributed by atoms with Gasteiger partial charge in [-0.25, -0.2) is 9.59 Å². The largest absolute Gasteiger partial charge is 1.00 e. The minimum Gasteiger partial charge on any atom is -0.565 e. The van der Waals surface area contributed by atoms with Gasteiger partial charge in [0.2, 0.25) is 6.16 Å². The quantitative estimate of drug-likeness (QED) is 0.259. The van der Waals surface area contributed by atoms with Gasteiger partial charge in [-0.1, -0.05) is 0 Å². The summed E-state index contributed by atoms with van der Waals surface area (Å²) in [6.45, 7) is 0. The van der Waals surface area contributed by atoms with Gasteiger partial charge in [0.25, 0.3) is 0 Å². The Morgan fingerprint density at radius 2 is 0.769 bits per heavy atom. The molecular formula is C3H5KO9. The summed E-state index contributed by atoms with van der Waals surface area (Å²) in [6.07, 6.45) is -5.75. The summed E-state index contributed by atoms with van der Waals surface area (Å²) < 4.78 is 0. The van der Waals surface area contributed by atoms with Crippen LogP contribution in [0.5, 0.6) is 0 Å². The molecule has 0 aromatic carbocycles. The maximum Gasteiger partial charge on any atom is 1.00 e. The molecule has 0 aliphatic carbocycles. The standard InChI is InChI=1S/3CH2O3.K/c3*2-1(3)4;/h3*(H2,2,3,4);/q;;;+1/p-1. The van der Waals surface area contributed by atoms with Gasteiger partial charge in [-0.05, 0) is 0 Å². The summed E-state index contributed by atoms with van der Waals surface area (Å²) in [7, 11) is 0. The molecule has 0 saturated carbocycles. The van der Waals surface area contributed by atoms with Crippen LogP contribution in [0.25, 0.3) is 0 Å². The Morgan fingerprint density at radius 3 is 0.769 bits per heavy atom. The molecule has 10 heteroatoms. The molecule has 0 bridgehead atoms. The monoisotopic (exact) mass is 224 g/mol. The number of rotatable bonds is 0. The SMILES string of the molecule is O=C(O)O.O=C(O)O.O=C([O-])O.[K+]. The third-order valence-corrected chi connectivity index (χ3v) is 0. The van der Waals surface area contributed by atoms with E-state index in [0.29, 0.717) is 0 Å². The van der Waals surface area contributed by atoms with Crippen molar-refractivity contribution in [3.8, 4) is 0 Å². The second-order valence-corrected chi connectivity index (χ2v) is 0.831. The van der Waals surface area contributed by atoms with Crippen LogP contribution in [0, 0.1) is 0 Å². The average molecular weight is 224 g/mol. The molecule has 0 aliphatic heterocycles. The Balaban J connectivity index is -0.0000000450. The number of hydrogen-bond donors (Lipinski definition) is 5. The van der Waals surface area contributed by atoms with Crippen molar-refractivity contribution in [1.82, 2.24) is 0 Å². The molecule has 0 rings (SSSR count). The van der Waals surface area contributed by atoms with Crippen molar-refractivity contribution in [1.29, 1.82) is 0 Å². The van der Waals surface area contributed by atoms with Gasteiger partial charge in [0.1, 0.15) is 0 Å². The van der Waals surface area contributed by atoms with E-state index in [2.05, 4.69) is 0 Å². The van der Waals surface area contributed by atoms with E-state index in [1.54, 1.807) is 0 Å². The maximum atomic E-state index is 8.56. The average Bonchev–Trinajstić information content (AvgIpc) is 1.54. The van der Waals surface area contributed by atoms with Gasteiger partial charge in [-0.3, -0.25) is 0 Å². The van der Waals surface area contributed by atoms with Gasteiger partial charge >= 0.3 is 63.7 Å². The van der Waals surface area contributed by atoms with Crippen molar-refractivity contribution in [3.63, 3.8) is 0 Å². The molecule has 0 radical (unpaired) electrons. The molecule has 72 valence electrons. The summed E-state index contributed by atoms with van der Waals surface area (Å²) in [5.41, 5.74) is 0. The zero-order valence-corrected chi connectivity index (χ0v) is 9.49. The fraction of sp³-hybridized carbons (Fsp3) is 0. The zero-order valence-electron chi connectivity index (χ0n) is 6.37. The second kappa shape index (κ2) is 17.5. The van der Waals surface area contributed by atoms with E-state index < -0.39 is 18.5 Å². The Kier molecular flexibility index (Phi) is 30.8. The second-order valence-electron chi connectivity index (χ2n) is 0.831. The first-order chi connectivity index (χ1) is 5.20. The van der Waals surface area contributed by atoms with Crippen molar-refractivity contribution in [2.75, 3.05) is 0 Å². The fourth-order valence-electron chi connectivity index (χ4n) is 0. The molecule has 0 aromatic rings. The van der Waals surface area contributed by atoms with Crippen molar-refractivity contribution < 1.29 is 96.4 Å². The van der Waals surface area contributed by atoms with E-state index in [4.69, 9.17) is 45.0 Å². The van der Waals surface area contributed by atoms with E-state index in [-0.39, 0.29) is 51.4 Å². The topological polar surface area (TPSA) is 175 Å². The van der Waals surface area contributed by atoms with Crippen LogP contribution in [-0.2, 0) is 0 Å². The summed E-state index contributed by atoms with van der Waals surface area (Å²) in [6, 6.07) is 0. The van der Waals surface area contributed by atoms with Crippen molar-refractivity contribution in [3.05, 3.63) is 0 Å². The predicted octanol–water partition coefficient (Wildman–Crippen LogP) is -3.66. The van der Waals surface area contributed by atoms with Crippen molar-refractivity contribution in [2.45, 2.75) is 0 Å². The zero-order chi connectivity index (χ0) is 10.7. The van der Waals surface area contributed by atoms with E-state index in [0.717, 1.165) is 0 Å². The minimum absolute atomic E-state index is 0. The third kappa shape index (κ3) is 3330. The normalized spacial score (nSPS) is 5.54. The van der Waals surface area contributed by atoms with Gasteiger partial charge in [0.05, 0.1) is 0 Å². The smallest absolute Gasteiger partial charge is 0.565 e. The molecule has 0 unspecified atom stereocenters. The van der Waals surface area contributed by atoms with E-state index in [1.807, 2.05) is 0 Å². The van der Waals surface area contributed by atoms with Crippen LogP contribution in [0.4, 0.5) is 14.4 Å². The van der Waals surface area contributed by atoms with Crippen LogP contribution >= 0.6 is 0 Å². The van der Waals surface area contributed by atoms with Crippen LogP contribution in [0.2, 0.25) is 0 Å². The molecule has 9 nitrogen and oxygen atoms in total. The molecule has 0 aliphatic rings. The number of hydrogen-bond acceptors (Lipinski definition) is 4. The summed E-state index contributed by atoms with van der Waals surface area (Å²) in [5.74, 6) is 0. The molecule has 13 heavy (non-hydrogen) atoms. The number of carbonyl (C=O) groups is 3.